The van der Waals surface area contributed by atoms with Crippen LogP contribution in [0.5, 0.6) is 5.75 Å². The highest BCUT2D eigenvalue weighted by molar-refractivity contribution is 6.05. The molecule has 0 atom stereocenters. The largest absolute Gasteiger partial charge is 0.487 e. The highest BCUT2D eigenvalue weighted by atomic mass is 19.2. The molecule has 3 aromatic rings. The van der Waals surface area contributed by atoms with E-state index in [4.69, 9.17) is 4.74 Å². The van der Waals surface area contributed by atoms with Gasteiger partial charge in [-0.15, -0.1) is 0 Å². The Kier molecular flexibility index (Phi) is 4.98. The number of carbonyl (C=O) groups is 1. The van der Waals surface area contributed by atoms with Crippen LogP contribution in [0.25, 0.3) is 0 Å². The van der Waals surface area contributed by atoms with Gasteiger partial charge in [-0.25, -0.2) is 28.7 Å². The van der Waals surface area contributed by atoms with Gasteiger partial charge in [0.25, 0.3) is 5.91 Å². The number of ether oxygens (including phenoxy) is 1. The molecule has 148 valence electrons. The Morgan fingerprint density at radius 3 is 2.66 bits per heavy atom. The van der Waals surface area contributed by atoms with E-state index in [9.17, 15) is 13.6 Å². The van der Waals surface area contributed by atoms with Crippen LogP contribution in [0.2, 0.25) is 0 Å². The second-order valence-electron chi connectivity index (χ2n) is 6.45. The normalized spacial score (nSPS) is 13.7. The molecule has 0 unspecified atom stereocenters. The van der Waals surface area contributed by atoms with E-state index in [1.165, 1.54) is 24.8 Å². The average Bonchev–Trinajstić information content (AvgIpc) is 2.67. The molecule has 0 radical (unpaired) electrons. The van der Waals surface area contributed by atoms with Crippen molar-refractivity contribution in [1.29, 1.82) is 0 Å². The van der Waals surface area contributed by atoms with E-state index < -0.39 is 17.5 Å². The van der Waals surface area contributed by atoms with Gasteiger partial charge in [-0.05, 0) is 19.1 Å². The van der Waals surface area contributed by atoms with E-state index >= 15 is 0 Å². The number of benzene rings is 1. The number of amides is 1. The lowest BCUT2D eigenvalue weighted by Crippen LogP contribution is -2.54. The number of aromatic nitrogens is 4. The molecule has 2 aromatic heterocycles. The number of nitrogens with one attached hydrogen (secondary N) is 1. The minimum absolute atomic E-state index is 0.148. The Balaban J connectivity index is 1.42. The summed E-state index contributed by atoms with van der Waals surface area (Å²) in [6.45, 7) is 2.63. The fourth-order valence-electron chi connectivity index (χ4n) is 2.85. The maximum Gasteiger partial charge on any atom is 0.279 e. The standard InChI is InChI=1S/C19H16F2N6O2/c1-11-6-16(25-10-24-11)26-19(28)17-18(23-5-4-22-17)27-8-13(9-27)29-12-2-3-14(20)15(21)7-12/h2-7,10,13H,8-9H2,1H3,(H,24,25,26,28). The van der Waals surface area contributed by atoms with Crippen LogP contribution in [0.1, 0.15) is 16.2 Å². The monoisotopic (exact) mass is 398 g/mol. The summed E-state index contributed by atoms with van der Waals surface area (Å²) < 4.78 is 31.9. The molecular formula is C19H16F2N6O2. The molecule has 1 saturated heterocycles. The van der Waals surface area contributed by atoms with E-state index in [2.05, 4.69) is 25.3 Å². The average molecular weight is 398 g/mol. The minimum Gasteiger partial charge on any atom is -0.487 e. The van der Waals surface area contributed by atoms with Crippen molar-refractivity contribution in [3.05, 3.63) is 66.0 Å². The van der Waals surface area contributed by atoms with Crippen LogP contribution >= 0.6 is 0 Å². The molecule has 1 aromatic carbocycles. The summed E-state index contributed by atoms with van der Waals surface area (Å²) in [5, 5.41) is 2.68. The predicted molar refractivity (Wildman–Crippen MR) is 99.7 cm³/mol. The topological polar surface area (TPSA) is 93.1 Å². The predicted octanol–water partition coefficient (Wildman–Crippen LogP) is 2.37. The summed E-state index contributed by atoms with van der Waals surface area (Å²) in [6, 6.07) is 5.03. The Morgan fingerprint density at radius 2 is 1.90 bits per heavy atom. The van der Waals surface area contributed by atoms with Gasteiger partial charge in [-0.3, -0.25) is 4.79 Å². The molecule has 8 nitrogen and oxygen atoms in total. The number of aryl methyl sites for hydroxylation is 1. The summed E-state index contributed by atoms with van der Waals surface area (Å²) in [5.74, 6) is -1.34. The van der Waals surface area contributed by atoms with Gasteiger partial charge in [0.15, 0.2) is 23.1 Å². The molecular weight excluding hydrogens is 382 g/mol. The Morgan fingerprint density at radius 1 is 1.10 bits per heavy atom. The smallest absolute Gasteiger partial charge is 0.279 e. The van der Waals surface area contributed by atoms with Crippen LogP contribution in [0, 0.1) is 18.6 Å². The van der Waals surface area contributed by atoms with Crippen LogP contribution in [-0.2, 0) is 0 Å². The SMILES string of the molecule is Cc1cc(NC(=O)c2nccnc2N2CC(Oc3ccc(F)c(F)c3)C2)ncn1. The number of nitrogens with zero attached hydrogens (tertiary/aromatic N) is 5. The molecule has 3 heterocycles. The number of halogens is 2. The summed E-state index contributed by atoms with van der Waals surface area (Å²) in [6.07, 6.45) is 4.03. The first-order chi connectivity index (χ1) is 14.0. The van der Waals surface area contributed by atoms with Gasteiger partial charge in [0.1, 0.15) is 24.0 Å². The van der Waals surface area contributed by atoms with Gasteiger partial charge in [0.2, 0.25) is 0 Å². The second kappa shape index (κ2) is 7.74. The van der Waals surface area contributed by atoms with Gasteiger partial charge in [0.05, 0.1) is 13.1 Å². The summed E-state index contributed by atoms with van der Waals surface area (Å²) in [4.78, 5) is 30.8. The molecule has 4 rings (SSSR count). The lowest BCUT2D eigenvalue weighted by molar-refractivity contribution is 0.102. The number of hydrogen-bond acceptors (Lipinski definition) is 7. The third kappa shape index (κ3) is 4.10. The Hall–Kier alpha value is -3.69. The number of anilines is 2. The van der Waals surface area contributed by atoms with Crippen molar-refractivity contribution in [2.45, 2.75) is 13.0 Å². The van der Waals surface area contributed by atoms with Crippen LogP contribution < -0.4 is 15.0 Å². The molecule has 0 aliphatic carbocycles. The van der Waals surface area contributed by atoms with Crippen LogP contribution in [-0.4, -0.2) is 45.0 Å². The van der Waals surface area contributed by atoms with E-state index in [1.807, 2.05) is 4.90 Å². The third-order valence-electron chi connectivity index (χ3n) is 4.28. The fraction of sp³-hybridized carbons (Fsp3) is 0.211. The minimum atomic E-state index is -0.966. The molecule has 1 aliphatic heterocycles. The first kappa shape index (κ1) is 18.7. The van der Waals surface area contributed by atoms with Gasteiger partial charge >= 0.3 is 0 Å². The quantitative estimate of drug-likeness (QED) is 0.705. The molecule has 29 heavy (non-hydrogen) atoms. The molecule has 1 N–H and O–H groups in total. The van der Waals surface area contributed by atoms with Crippen LogP contribution in [0.15, 0.2) is 43.0 Å². The van der Waals surface area contributed by atoms with E-state index in [-0.39, 0.29) is 17.5 Å². The first-order valence-corrected chi connectivity index (χ1v) is 8.77. The van der Waals surface area contributed by atoms with Crippen molar-refractivity contribution in [3.63, 3.8) is 0 Å². The highest BCUT2D eigenvalue weighted by Gasteiger charge is 2.33. The Labute approximate surface area is 164 Å². The van der Waals surface area contributed by atoms with Crippen molar-refractivity contribution in [1.82, 2.24) is 19.9 Å². The van der Waals surface area contributed by atoms with Crippen molar-refractivity contribution < 1.29 is 18.3 Å². The lowest BCUT2D eigenvalue weighted by atomic mass is 10.1. The molecule has 0 bridgehead atoms. The molecule has 1 aliphatic rings. The highest BCUT2D eigenvalue weighted by Crippen LogP contribution is 2.25. The third-order valence-corrected chi connectivity index (χ3v) is 4.28. The van der Waals surface area contributed by atoms with E-state index in [0.29, 0.717) is 24.7 Å². The first-order valence-electron chi connectivity index (χ1n) is 8.77. The van der Waals surface area contributed by atoms with Crippen LogP contribution in [0.3, 0.4) is 0 Å². The van der Waals surface area contributed by atoms with Crippen molar-refractivity contribution in [3.8, 4) is 5.75 Å². The summed E-state index contributed by atoms with van der Waals surface area (Å²) in [7, 11) is 0. The molecule has 1 fully saturated rings. The van der Waals surface area contributed by atoms with Crippen molar-refractivity contribution >= 4 is 17.5 Å². The number of rotatable bonds is 5. The van der Waals surface area contributed by atoms with Gasteiger partial charge in [-0.1, -0.05) is 0 Å². The molecule has 0 saturated carbocycles. The van der Waals surface area contributed by atoms with Gasteiger partial charge < -0.3 is 15.0 Å². The number of hydrogen-bond donors (Lipinski definition) is 1. The summed E-state index contributed by atoms with van der Waals surface area (Å²) >= 11 is 0. The van der Waals surface area contributed by atoms with Crippen molar-refractivity contribution in [2.75, 3.05) is 23.3 Å². The van der Waals surface area contributed by atoms with E-state index in [0.717, 1.165) is 17.8 Å². The molecule has 10 heteroatoms. The number of carbonyl (C=O) groups excluding carboxylic acids is 1. The van der Waals surface area contributed by atoms with E-state index in [1.54, 1.807) is 13.0 Å². The molecule has 1 amide bonds. The zero-order valence-corrected chi connectivity index (χ0v) is 15.3. The molecule has 0 spiro atoms. The van der Waals surface area contributed by atoms with Crippen LogP contribution in [0.4, 0.5) is 20.4 Å². The zero-order chi connectivity index (χ0) is 20.4. The maximum absolute atomic E-state index is 13.3. The summed E-state index contributed by atoms with van der Waals surface area (Å²) in [5.41, 5.74) is 0.865. The Bertz CT molecular complexity index is 1060. The fourth-order valence-corrected chi connectivity index (χ4v) is 2.85. The van der Waals surface area contributed by atoms with Gasteiger partial charge in [0, 0.05) is 30.2 Å². The maximum atomic E-state index is 13.3. The lowest BCUT2D eigenvalue weighted by Gasteiger charge is -2.40. The second-order valence-corrected chi connectivity index (χ2v) is 6.45. The van der Waals surface area contributed by atoms with Gasteiger partial charge in [-0.2, -0.15) is 0 Å². The zero-order valence-electron chi connectivity index (χ0n) is 15.3. The van der Waals surface area contributed by atoms with Crippen molar-refractivity contribution in [2.24, 2.45) is 0 Å².